The van der Waals surface area contributed by atoms with Crippen molar-refractivity contribution in [2.45, 2.75) is 19.2 Å². The number of carbonyl (C=O) groups excluding carboxylic acids is 2. The van der Waals surface area contributed by atoms with Gasteiger partial charge in [-0.05, 0) is 42.3 Å². The first-order valence-electron chi connectivity index (χ1n) is 9.80. The Labute approximate surface area is 187 Å². The molecule has 0 saturated carbocycles. The summed E-state index contributed by atoms with van der Waals surface area (Å²) < 4.78 is 19.9. The van der Waals surface area contributed by atoms with Crippen LogP contribution in [0.3, 0.4) is 0 Å². The van der Waals surface area contributed by atoms with E-state index in [1.165, 1.54) is 24.3 Å². The zero-order valence-corrected chi connectivity index (χ0v) is 18.0. The lowest BCUT2D eigenvalue weighted by molar-refractivity contribution is -0.115. The van der Waals surface area contributed by atoms with E-state index in [0.717, 1.165) is 5.56 Å². The maximum Gasteiger partial charge on any atom is 0.251 e. The van der Waals surface area contributed by atoms with Gasteiger partial charge < -0.3 is 15.4 Å². The highest BCUT2D eigenvalue weighted by molar-refractivity contribution is 7.14. The van der Waals surface area contributed by atoms with Crippen molar-refractivity contribution >= 4 is 28.3 Å². The molecule has 1 aliphatic heterocycles. The lowest BCUT2D eigenvalue weighted by atomic mass is 9.90. The van der Waals surface area contributed by atoms with E-state index in [2.05, 4.69) is 21.7 Å². The van der Waals surface area contributed by atoms with Crippen LogP contribution in [0, 0.1) is 11.3 Å². The van der Waals surface area contributed by atoms with Gasteiger partial charge in [0, 0.05) is 16.5 Å². The maximum atomic E-state index is 14.7. The van der Waals surface area contributed by atoms with Crippen molar-refractivity contribution in [2.75, 3.05) is 18.5 Å². The number of amides is 2. The van der Waals surface area contributed by atoms with Crippen LogP contribution < -0.4 is 10.6 Å². The summed E-state index contributed by atoms with van der Waals surface area (Å²) in [4.78, 5) is 29.1. The maximum absolute atomic E-state index is 14.7. The molecule has 0 aliphatic carbocycles. The van der Waals surface area contributed by atoms with E-state index in [4.69, 9.17) is 10.00 Å². The number of alkyl halides is 1. The van der Waals surface area contributed by atoms with E-state index in [1.807, 2.05) is 6.07 Å². The number of aromatic nitrogens is 1. The summed E-state index contributed by atoms with van der Waals surface area (Å²) in [5.74, 6) is -0.912. The summed E-state index contributed by atoms with van der Waals surface area (Å²) >= 11 is 1.24. The summed E-state index contributed by atoms with van der Waals surface area (Å²) in [6.45, 7) is 1.39. The number of hydrogen-bond acceptors (Lipinski definition) is 6. The largest absolute Gasteiger partial charge is 0.373 e. The molecule has 1 aliphatic rings. The number of benzene rings is 2. The molecule has 0 saturated heterocycles. The fraction of sp³-hybridized carbons (Fsp3) is 0.217. The van der Waals surface area contributed by atoms with Crippen molar-refractivity contribution in [1.29, 1.82) is 5.26 Å². The number of nitriles is 1. The second-order valence-corrected chi connectivity index (χ2v) is 8.38. The van der Waals surface area contributed by atoms with Gasteiger partial charge >= 0.3 is 0 Å². The van der Waals surface area contributed by atoms with Gasteiger partial charge in [0.2, 0.25) is 5.91 Å². The van der Waals surface area contributed by atoms with E-state index >= 15 is 0 Å². The molecule has 3 aromatic rings. The van der Waals surface area contributed by atoms with Gasteiger partial charge in [-0.25, -0.2) is 9.37 Å². The van der Waals surface area contributed by atoms with Crippen molar-refractivity contribution in [3.8, 4) is 17.3 Å². The standard InChI is InChI=1S/C23H19FN4O3S/c1-23(24)13-31-11-17-6-5-16(8-18(17)23)21(30)26-10-20(29)28-22-27-19(12-32-22)15-4-2-3-14(7-15)9-25/h2-8,12H,10-11,13H2,1H3,(H,26,30)(H,27,28,29)/t23-/m1/s1. The van der Waals surface area contributed by atoms with Gasteiger partial charge in [-0.2, -0.15) is 5.26 Å². The van der Waals surface area contributed by atoms with Gasteiger partial charge in [-0.3, -0.25) is 9.59 Å². The van der Waals surface area contributed by atoms with Crippen molar-refractivity contribution in [2.24, 2.45) is 0 Å². The number of ether oxygens (including phenoxy) is 1. The summed E-state index contributed by atoms with van der Waals surface area (Å²) in [5, 5.41) is 16.4. The minimum atomic E-state index is -1.67. The van der Waals surface area contributed by atoms with Gasteiger partial charge in [0.05, 0.1) is 37.1 Å². The molecule has 0 radical (unpaired) electrons. The zero-order valence-electron chi connectivity index (χ0n) is 17.1. The van der Waals surface area contributed by atoms with Crippen molar-refractivity contribution in [3.05, 3.63) is 70.1 Å². The second-order valence-electron chi connectivity index (χ2n) is 7.52. The minimum Gasteiger partial charge on any atom is -0.373 e. The SMILES string of the molecule is C[C@@]1(F)COCc2ccc(C(=O)NCC(=O)Nc3nc(-c4cccc(C#N)c4)cs3)cc21. The number of halogens is 1. The monoisotopic (exact) mass is 450 g/mol. The van der Waals surface area contributed by atoms with Crippen LogP contribution in [0.4, 0.5) is 9.52 Å². The van der Waals surface area contributed by atoms with Crippen molar-refractivity contribution in [1.82, 2.24) is 10.3 Å². The molecule has 1 aromatic heterocycles. The third-order valence-electron chi connectivity index (χ3n) is 5.01. The zero-order chi connectivity index (χ0) is 22.7. The first-order valence-corrected chi connectivity index (χ1v) is 10.7. The van der Waals surface area contributed by atoms with Crippen LogP contribution in [-0.2, 0) is 21.8 Å². The minimum absolute atomic E-state index is 0.0654. The van der Waals surface area contributed by atoms with E-state index in [9.17, 15) is 14.0 Å². The molecule has 0 fully saturated rings. The highest BCUT2D eigenvalue weighted by Crippen LogP contribution is 2.34. The molecule has 9 heteroatoms. The molecule has 2 heterocycles. The summed E-state index contributed by atoms with van der Waals surface area (Å²) in [5.41, 5.74) is 1.66. The van der Waals surface area contributed by atoms with Gasteiger partial charge in [0.25, 0.3) is 5.91 Å². The predicted octanol–water partition coefficient (Wildman–Crippen LogP) is 3.77. The Morgan fingerprint density at radius 2 is 2.16 bits per heavy atom. The Kier molecular flexibility index (Phi) is 5.99. The van der Waals surface area contributed by atoms with Crippen LogP contribution >= 0.6 is 11.3 Å². The number of carbonyl (C=O) groups is 2. The fourth-order valence-corrected chi connectivity index (χ4v) is 4.13. The molecule has 1 atom stereocenters. The van der Waals surface area contributed by atoms with Gasteiger partial charge in [0.15, 0.2) is 10.8 Å². The molecule has 7 nitrogen and oxygen atoms in total. The number of thiazole rings is 1. The van der Waals surface area contributed by atoms with Gasteiger partial charge in [0.1, 0.15) is 0 Å². The molecule has 2 N–H and O–H groups in total. The van der Waals surface area contributed by atoms with Gasteiger partial charge in [-0.1, -0.05) is 18.2 Å². The molecule has 4 rings (SSSR count). The Balaban J connectivity index is 1.36. The van der Waals surface area contributed by atoms with Crippen LogP contribution in [0.5, 0.6) is 0 Å². The van der Waals surface area contributed by atoms with E-state index < -0.39 is 17.5 Å². The molecular weight excluding hydrogens is 431 g/mol. The number of anilines is 1. The third kappa shape index (κ3) is 4.66. The smallest absolute Gasteiger partial charge is 0.251 e. The first-order chi connectivity index (χ1) is 15.4. The molecule has 2 aromatic carbocycles. The van der Waals surface area contributed by atoms with Crippen LogP contribution in [-0.4, -0.2) is 29.9 Å². The molecule has 0 spiro atoms. The average Bonchev–Trinajstić information content (AvgIpc) is 3.25. The number of hydrogen-bond donors (Lipinski definition) is 2. The topological polar surface area (TPSA) is 104 Å². The summed E-state index contributed by atoms with van der Waals surface area (Å²) in [6.07, 6.45) is 0. The van der Waals surface area contributed by atoms with Crippen molar-refractivity contribution < 1.29 is 18.7 Å². The van der Waals surface area contributed by atoms with E-state index in [1.54, 1.807) is 35.7 Å². The second kappa shape index (κ2) is 8.86. The molecular formula is C23H19FN4O3S. The molecule has 0 unspecified atom stereocenters. The summed E-state index contributed by atoms with van der Waals surface area (Å²) in [7, 11) is 0. The van der Waals surface area contributed by atoms with Gasteiger partial charge in [-0.15, -0.1) is 11.3 Å². The highest BCUT2D eigenvalue weighted by atomic mass is 32.1. The number of nitrogens with one attached hydrogen (secondary N) is 2. The molecule has 0 bridgehead atoms. The fourth-order valence-electron chi connectivity index (χ4n) is 3.40. The first kappa shape index (κ1) is 21.6. The molecule has 32 heavy (non-hydrogen) atoms. The Morgan fingerprint density at radius 3 is 2.97 bits per heavy atom. The Morgan fingerprint density at radius 1 is 1.31 bits per heavy atom. The summed E-state index contributed by atoms with van der Waals surface area (Å²) in [6, 6.07) is 13.8. The van der Waals surface area contributed by atoms with Crippen LogP contribution in [0.2, 0.25) is 0 Å². The van der Waals surface area contributed by atoms with Crippen LogP contribution in [0.15, 0.2) is 47.8 Å². The molecule has 162 valence electrons. The average molecular weight is 450 g/mol. The number of nitrogens with zero attached hydrogens (tertiary/aromatic N) is 2. The lowest BCUT2D eigenvalue weighted by Gasteiger charge is -2.29. The Hall–Kier alpha value is -3.61. The van der Waals surface area contributed by atoms with E-state index in [-0.39, 0.29) is 18.7 Å². The number of rotatable bonds is 5. The van der Waals surface area contributed by atoms with Crippen LogP contribution in [0.25, 0.3) is 11.3 Å². The number of fused-ring (bicyclic) bond motifs is 1. The lowest BCUT2D eigenvalue weighted by Crippen LogP contribution is -2.34. The van der Waals surface area contributed by atoms with Crippen LogP contribution in [0.1, 0.15) is 34.0 Å². The Bertz CT molecular complexity index is 1230. The molecule has 2 amide bonds. The van der Waals surface area contributed by atoms with Crippen molar-refractivity contribution in [3.63, 3.8) is 0 Å². The van der Waals surface area contributed by atoms with E-state index in [0.29, 0.717) is 34.1 Å². The highest BCUT2D eigenvalue weighted by Gasteiger charge is 2.33. The quantitative estimate of drug-likeness (QED) is 0.616. The predicted molar refractivity (Wildman–Crippen MR) is 118 cm³/mol. The normalized spacial score (nSPS) is 17.2. The third-order valence-corrected chi connectivity index (χ3v) is 5.77.